The maximum atomic E-state index is 5.26. The minimum absolute atomic E-state index is 0. The van der Waals surface area contributed by atoms with Crippen molar-refractivity contribution in [3.63, 3.8) is 0 Å². The molecule has 0 spiro atoms. The van der Waals surface area contributed by atoms with E-state index in [1.807, 2.05) is 0 Å². The Labute approximate surface area is 81.8 Å². The van der Waals surface area contributed by atoms with Crippen LogP contribution in [-0.4, -0.2) is 37.4 Å². The number of hydrogen-bond donors (Lipinski definition) is 0. The molecule has 0 N–H and O–H groups in total. The van der Waals surface area contributed by atoms with Gasteiger partial charge in [0.15, 0.2) is 0 Å². The first-order valence-corrected chi connectivity index (χ1v) is 4.20. The molecule has 0 aromatic heterocycles. The summed E-state index contributed by atoms with van der Waals surface area (Å²) in [5, 5.41) is 0. The number of rotatable bonds is 1. The zero-order valence-electron chi connectivity index (χ0n) is 8.26. The predicted octanol–water partition coefficient (Wildman–Crippen LogP) is -1.84. The fraction of sp³-hybridized carbons (Fsp3) is 1.00. The molecule has 1 saturated heterocycles. The molecule has 1 aliphatic heterocycles. The molecular weight excluding hydrogens is 132 g/mol. The van der Waals surface area contributed by atoms with Gasteiger partial charge in [-0.1, -0.05) is 0 Å². The maximum absolute atomic E-state index is 5.26. The van der Waals surface area contributed by atoms with E-state index in [2.05, 4.69) is 25.3 Å². The summed E-state index contributed by atoms with van der Waals surface area (Å²) in [7, 11) is 0. The van der Waals surface area contributed by atoms with E-state index in [0.29, 0.717) is 0 Å². The van der Waals surface area contributed by atoms with E-state index in [0.717, 1.165) is 26.3 Å². The van der Waals surface area contributed by atoms with Crippen LogP contribution in [-0.2, 0) is 4.74 Å². The normalized spacial score (nSPS) is 21.0. The molecule has 2 nitrogen and oxygen atoms in total. The molecule has 1 fully saturated rings. The molecule has 11 heavy (non-hydrogen) atoms. The SMILES string of the molecule is C[B-](C)(C)N1CCOCC1.[Li+]. The molecule has 0 unspecified atom stereocenters. The van der Waals surface area contributed by atoms with Gasteiger partial charge in [-0.15, -0.1) is 0 Å². The van der Waals surface area contributed by atoms with Gasteiger partial charge in [0.05, 0.1) is 19.5 Å². The van der Waals surface area contributed by atoms with Crippen molar-refractivity contribution in [2.75, 3.05) is 26.3 Å². The minimum atomic E-state index is -0.274. The molecular formula is C7H17BLiNO. The Balaban J connectivity index is 0.000001000. The van der Waals surface area contributed by atoms with Crippen LogP contribution in [0, 0.1) is 0 Å². The third-order valence-electron chi connectivity index (χ3n) is 2.14. The largest absolute Gasteiger partial charge is 1.00 e. The van der Waals surface area contributed by atoms with Crippen molar-refractivity contribution in [1.82, 2.24) is 4.81 Å². The van der Waals surface area contributed by atoms with Gasteiger partial charge in [0, 0.05) is 0 Å². The predicted molar refractivity (Wildman–Crippen MR) is 45.7 cm³/mol. The Morgan fingerprint density at radius 3 is 1.82 bits per heavy atom. The summed E-state index contributed by atoms with van der Waals surface area (Å²) < 4.78 is 5.26. The summed E-state index contributed by atoms with van der Waals surface area (Å²) >= 11 is 0. The number of nitrogens with zero attached hydrogens (tertiary/aromatic N) is 1. The van der Waals surface area contributed by atoms with Crippen molar-refractivity contribution in [1.29, 1.82) is 0 Å². The summed E-state index contributed by atoms with van der Waals surface area (Å²) in [6.07, 6.45) is -0.274. The summed E-state index contributed by atoms with van der Waals surface area (Å²) in [4.78, 5) is 2.52. The van der Waals surface area contributed by atoms with Crippen LogP contribution in [0.25, 0.3) is 0 Å². The van der Waals surface area contributed by atoms with E-state index in [1.54, 1.807) is 0 Å². The standard InChI is InChI=1S/C7H17BNO.Li/c1-8(2,3)9-4-6-10-7-5-9;/h4-7H2,1-3H3;/q-1;+1. The monoisotopic (exact) mass is 149 g/mol. The van der Waals surface area contributed by atoms with E-state index in [1.165, 1.54) is 0 Å². The fourth-order valence-corrected chi connectivity index (χ4v) is 1.35. The first kappa shape index (κ1) is 11.6. The van der Waals surface area contributed by atoms with Crippen LogP contribution in [0.4, 0.5) is 0 Å². The third-order valence-corrected chi connectivity index (χ3v) is 2.14. The molecule has 4 heteroatoms. The van der Waals surface area contributed by atoms with Crippen LogP contribution < -0.4 is 18.9 Å². The Hall–Kier alpha value is 0.582. The Kier molecular flexibility index (Phi) is 4.81. The molecule has 1 aliphatic rings. The van der Waals surface area contributed by atoms with Crippen molar-refractivity contribution in [3.8, 4) is 0 Å². The minimum Gasteiger partial charge on any atom is -0.472 e. The zero-order valence-corrected chi connectivity index (χ0v) is 8.26. The quantitative estimate of drug-likeness (QED) is 0.406. The summed E-state index contributed by atoms with van der Waals surface area (Å²) in [5.41, 5.74) is 0. The number of morpholine rings is 1. The molecule has 0 radical (unpaired) electrons. The molecule has 0 saturated carbocycles. The second-order valence-corrected chi connectivity index (χ2v) is 4.15. The van der Waals surface area contributed by atoms with Crippen LogP contribution in [0.1, 0.15) is 0 Å². The molecule has 0 aliphatic carbocycles. The van der Waals surface area contributed by atoms with Gasteiger partial charge in [0.25, 0.3) is 0 Å². The van der Waals surface area contributed by atoms with Gasteiger partial charge in [0.1, 0.15) is 0 Å². The molecule has 0 aromatic carbocycles. The summed E-state index contributed by atoms with van der Waals surface area (Å²) in [6.45, 7) is 11.0. The van der Waals surface area contributed by atoms with Gasteiger partial charge >= 0.3 is 18.9 Å². The van der Waals surface area contributed by atoms with Gasteiger partial charge in [0.2, 0.25) is 0 Å². The maximum Gasteiger partial charge on any atom is 1.00 e. The first-order valence-electron chi connectivity index (χ1n) is 4.20. The van der Waals surface area contributed by atoms with Gasteiger partial charge < -0.3 is 9.55 Å². The van der Waals surface area contributed by atoms with Crippen LogP contribution in [0.2, 0.25) is 20.5 Å². The van der Waals surface area contributed by atoms with Crippen LogP contribution in [0.3, 0.4) is 0 Å². The van der Waals surface area contributed by atoms with Gasteiger partial charge in [-0.05, 0) is 13.1 Å². The fourth-order valence-electron chi connectivity index (χ4n) is 1.35. The molecule has 1 rings (SSSR count). The average Bonchev–Trinajstić information content (AvgIpc) is 1.88. The second-order valence-electron chi connectivity index (χ2n) is 4.15. The average molecular weight is 149 g/mol. The van der Waals surface area contributed by atoms with Crippen LogP contribution in [0.5, 0.6) is 0 Å². The van der Waals surface area contributed by atoms with Crippen molar-refractivity contribution in [2.45, 2.75) is 20.5 Å². The van der Waals surface area contributed by atoms with Crippen molar-refractivity contribution < 1.29 is 23.6 Å². The van der Waals surface area contributed by atoms with Crippen LogP contribution >= 0.6 is 0 Å². The zero-order chi connectivity index (χ0) is 7.61. The number of ether oxygens (including phenoxy) is 1. The molecule has 0 atom stereocenters. The van der Waals surface area contributed by atoms with Crippen molar-refractivity contribution in [3.05, 3.63) is 0 Å². The Morgan fingerprint density at radius 1 is 1.09 bits per heavy atom. The smallest absolute Gasteiger partial charge is 0.472 e. The van der Waals surface area contributed by atoms with E-state index in [-0.39, 0.29) is 25.1 Å². The van der Waals surface area contributed by atoms with E-state index < -0.39 is 0 Å². The third kappa shape index (κ3) is 3.67. The van der Waals surface area contributed by atoms with Gasteiger partial charge in [-0.3, -0.25) is 0 Å². The topological polar surface area (TPSA) is 12.5 Å². The Morgan fingerprint density at radius 2 is 1.55 bits per heavy atom. The first-order chi connectivity index (χ1) is 4.61. The molecule has 0 amide bonds. The number of hydrogen-bond acceptors (Lipinski definition) is 2. The molecule has 60 valence electrons. The van der Waals surface area contributed by atoms with E-state index >= 15 is 0 Å². The van der Waals surface area contributed by atoms with E-state index in [9.17, 15) is 0 Å². The van der Waals surface area contributed by atoms with Gasteiger partial charge in [-0.25, -0.2) is 0 Å². The molecule has 0 bridgehead atoms. The summed E-state index contributed by atoms with van der Waals surface area (Å²) in [5.74, 6) is 0. The van der Waals surface area contributed by atoms with Crippen molar-refractivity contribution in [2.24, 2.45) is 0 Å². The molecule has 1 heterocycles. The molecule has 0 aromatic rings. The summed E-state index contributed by atoms with van der Waals surface area (Å²) in [6, 6.07) is 0. The van der Waals surface area contributed by atoms with Gasteiger partial charge in [-0.2, -0.15) is 20.5 Å². The van der Waals surface area contributed by atoms with E-state index in [4.69, 9.17) is 4.74 Å². The second kappa shape index (κ2) is 4.57. The van der Waals surface area contributed by atoms with Crippen molar-refractivity contribution >= 4 is 6.28 Å². The van der Waals surface area contributed by atoms with Crippen LogP contribution in [0.15, 0.2) is 0 Å². The Bertz CT molecular complexity index is 109.